The first-order valence-corrected chi connectivity index (χ1v) is 15.9. The average Bonchev–Trinajstić information content (AvgIpc) is 3.56. The van der Waals surface area contributed by atoms with Gasteiger partial charge in [0.1, 0.15) is 0 Å². The number of rotatable bonds is 19. The van der Waals surface area contributed by atoms with Gasteiger partial charge in [-0.3, -0.25) is 0 Å². The van der Waals surface area contributed by atoms with E-state index in [-0.39, 0.29) is 5.97 Å². The molecule has 0 saturated heterocycles. The summed E-state index contributed by atoms with van der Waals surface area (Å²) in [6.07, 6.45) is 21.3. The van der Waals surface area contributed by atoms with E-state index in [4.69, 9.17) is 4.74 Å². The molecule has 2 aromatic rings. The van der Waals surface area contributed by atoms with Crippen molar-refractivity contribution in [3.8, 4) is 0 Å². The molecule has 0 saturated carbocycles. The van der Waals surface area contributed by atoms with E-state index in [0.717, 1.165) is 11.3 Å². The van der Waals surface area contributed by atoms with Crippen molar-refractivity contribution in [2.75, 3.05) is 0 Å². The van der Waals surface area contributed by atoms with Crippen molar-refractivity contribution in [1.29, 1.82) is 0 Å². The summed E-state index contributed by atoms with van der Waals surface area (Å²) < 4.78 is 6.09. The van der Waals surface area contributed by atoms with E-state index in [0.29, 0.717) is 12.3 Å². The summed E-state index contributed by atoms with van der Waals surface area (Å²) in [4.78, 5) is 16.2. The Balaban J connectivity index is 2.26. The standard InChI is InChI=1S/C32H48O2S2/c1-6-11-13-14-15-16-19-27-20-21-30(36-27)32(10-5,34-31(33)9-4)24-22-29-28(23-25-35-29)26(17-8-3)18-12-7-2/h9,20-26H,4,6-8,10-19H2,1-3,5H3. The van der Waals surface area contributed by atoms with Gasteiger partial charge < -0.3 is 4.74 Å². The number of esters is 1. The first-order valence-electron chi connectivity index (χ1n) is 14.2. The van der Waals surface area contributed by atoms with Gasteiger partial charge in [0, 0.05) is 15.8 Å². The van der Waals surface area contributed by atoms with Gasteiger partial charge in [-0.25, -0.2) is 4.79 Å². The lowest BCUT2D eigenvalue weighted by molar-refractivity contribution is -0.149. The molecule has 4 heteroatoms. The lowest BCUT2D eigenvalue weighted by Gasteiger charge is -2.28. The highest BCUT2D eigenvalue weighted by Gasteiger charge is 2.33. The van der Waals surface area contributed by atoms with E-state index >= 15 is 0 Å². The molecular weight excluding hydrogens is 480 g/mol. The molecule has 200 valence electrons. The Bertz CT molecular complexity index is 922. The largest absolute Gasteiger partial charge is 0.446 e. The minimum Gasteiger partial charge on any atom is -0.446 e. The lowest BCUT2D eigenvalue weighted by Crippen LogP contribution is -2.28. The van der Waals surface area contributed by atoms with Gasteiger partial charge in [0.25, 0.3) is 0 Å². The van der Waals surface area contributed by atoms with Gasteiger partial charge in [0.15, 0.2) is 5.60 Å². The van der Waals surface area contributed by atoms with Crippen molar-refractivity contribution in [2.24, 2.45) is 0 Å². The first kappa shape index (κ1) is 30.6. The predicted octanol–water partition coefficient (Wildman–Crippen LogP) is 10.8. The minimum absolute atomic E-state index is 0.370. The number of thiophene rings is 2. The quantitative estimate of drug-likeness (QED) is 0.103. The second-order valence-corrected chi connectivity index (χ2v) is 12.0. The van der Waals surface area contributed by atoms with Crippen molar-refractivity contribution in [1.82, 2.24) is 0 Å². The molecule has 0 N–H and O–H groups in total. The summed E-state index contributed by atoms with van der Waals surface area (Å²) >= 11 is 3.58. The van der Waals surface area contributed by atoms with Crippen LogP contribution in [0, 0.1) is 0 Å². The van der Waals surface area contributed by atoms with E-state index in [9.17, 15) is 4.79 Å². The zero-order chi connectivity index (χ0) is 26.2. The van der Waals surface area contributed by atoms with Crippen LogP contribution in [0.4, 0.5) is 0 Å². The minimum atomic E-state index is -0.764. The number of hydrogen-bond acceptors (Lipinski definition) is 4. The van der Waals surface area contributed by atoms with Crippen LogP contribution in [-0.4, -0.2) is 5.97 Å². The first-order chi connectivity index (χ1) is 17.5. The fraction of sp³-hybridized carbons (Fsp3) is 0.594. The van der Waals surface area contributed by atoms with Crippen LogP contribution >= 0.6 is 22.7 Å². The summed E-state index contributed by atoms with van der Waals surface area (Å²) in [6.45, 7) is 12.6. The zero-order valence-corrected chi connectivity index (χ0v) is 24.8. The van der Waals surface area contributed by atoms with Crippen molar-refractivity contribution in [2.45, 2.75) is 123 Å². The van der Waals surface area contributed by atoms with Gasteiger partial charge in [-0.15, -0.1) is 22.7 Å². The molecule has 0 spiro atoms. The lowest BCUT2D eigenvalue weighted by atomic mass is 9.89. The number of aryl methyl sites for hydroxylation is 1. The summed E-state index contributed by atoms with van der Waals surface area (Å²) in [5, 5.41) is 2.21. The number of carbonyl (C=O) groups is 1. The molecule has 0 aliphatic rings. The van der Waals surface area contributed by atoms with Crippen molar-refractivity contribution in [3.05, 3.63) is 62.5 Å². The highest BCUT2D eigenvalue weighted by molar-refractivity contribution is 7.12. The van der Waals surface area contributed by atoms with Crippen LogP contribution < -0.4 is 0 Å². The Hall–Kier alpha value is -1.65. The molecule has 2 aromatic heterocycles. The summed E-state index contributed by atoms with van der Waals surface area (Å²) in [6, 6.07) is 6.69. The molecular formula is C32H48O2S2. The van der Waals surface area contributed by atoms with E-state index in [1.54, 1.807) is 22.7 Å². The molecule has 2 unspecified atom stereocenters. The van der Waals surface area contributed by atoms with Crippen LogP contribution in [-0.2, 0) is 21.6 Å². The van der Waals surface area contributed by atoms with Gasteiger partial charge in [0.05, 0.1) is 4.88 Å². The molecule has 0 radical (unpaired) electrons. The predicted molar refractivity (Wildman–Crippen MR) is 160 cm³/mol. The Labute approximate surface area is 228 Å². The topological polar surface area (TPSA) is 26.3 Å². The van der Waals surface area contributed by atoms with E-state index in [1.165, 1.54) is 92.0 Å². The Morgan fingerprint density at radius 1 is 0.972 bits per heavy atom. The van der Waals surface area contributed by atoms with Crippen molar-refractivity contribution < 1.29 is 9.53 Å². The summed E-state index contributed by atoms with van der Waals surface area (Å²) in [7, 11) is 0. The molecule has 2 rings (SSSR count). The summed E-state index contributed by atoms with van der Waals surface area (Å²) in [5.74, 6) is 0.226. The maximum atomic E-state index is 12.4. The summed E-state index contributed by atoms with van der Waals surface area (Å²) in [5.41, 5.74) is 0.682. The Kier molecular flexibility index (Phi) is 14.4. The van der Waals surface area contributed by atoms with Crippen LogP contribution in [0.1, 0.15) is 131 Å². The van der Waals surface area contributed by atoms with Gasteiger partial charge in [-0.05, 0) is 79.3 Å². The fourth-order valence-electron chi connectivity index (χ4n) is 4.84. The molecule has 2 nitrogen and oxygen atoms in total. The molecule has 2 heterocycles. The maximum absolute atomic E-state index is 12.4. The normalized spacial score (nSPS) is 14.1. The van der Waals surface area contributed by atoms with E-state index < -0.39 is 5.60 Å². The van der Waals surface area contributed by atoms with Crippen molar-refractivity contribution in [3.63, 3.8) is 0 Å². The Morgan fingerprint density at radius 2 is 1.72 bits per heavy atom. The molecule has 0 amide bonds. The van der Waals surface area contributed by atoms with Crippen LogP contribution in [0.25, 0.3) is 6.08 Å². The SMILES string of the molecule is C=CC(=O)OC(C=Cc1sccc1C(CCC)CCCC)(CC)c1ccc(CCCCCCCC)s1. The van der Waals surface area contributed by atoms with E-state index in [1.807, 2.05) is 0 Å². The third-order valence-corrected chi connectivity index (χ3v) is 9.25. The third-order valence-electron chi connectivity index (χ3n) is 7.04. The third kappa shape index (κ3) is 9.34. The van der Waals surface area contributed by atoms with Gasteiger partial charge >= 0.3 is 5.97 Å². The van der Waals surface area contributed by atoms with Crippen LogP contribution in [0.5, 0.6) is 0 Å². The second-order valence-electron chi connectivity index (χ2n) is 9.85. The number of unbranched alkanes of at least 4 members (excludes halogenated alkanes) is 6. The number of ether oxygens (including phenoxy) is 1. The molecule has 0 fully saturated rings. The molecule has 0 aromatic carbocycles. The van der Waals surface area contributed by atoms with Gasteiger partial charge in [-0.2, -0.15) is 0 Å². The number of hydrogen-bond donors (Lipinski definition) is 0. The van der Waals surface area contributed by atoms with Crippen LogP contribution in [0.3, 0.4) is 0 Å². The number of carbonyl (C=O) groups excluding carboxylic acids is 1. The fourth-order valence-corrected chi connectivity index (χ4v) is 6.95. The highest BCUT2D eigenvalue weighted by Crippen LogP contribution is 2.39. The van der Waals surface area contributed by atoms with Crippen LogP contribution in [0.15, 0.2) is 42.3 Å². The molecule has 2 atom stereocenters. The van der Waals surface area contributed by atoms with Crippen molar-refractivity contribution >= 4 is 34.7 Å². The molecule has 0 aliphatic carbocycles. The Morgan fingerprint density at radius 3 is 2.42 bits per heavy atom. The molecule has 0 aliphatic heterocycles. The highest BCUT2D eigenvalue weighted by atomic mass is 32.1. The monoisotopic (exact) mass is 528 g/mol. The zero-order valence-electron chi connectivity index (χ0n) is 23.2. The van der Waals surface area contributed by atoms with E-state index in [2.05, 4.69) is 70.0 Å². The molecule has 0 bridgehead atoms. The molecule has 36 heavy (non-hydrogen) atoms. The van der Waals surface area contributed by atoms with Gasteiger partial charge in [0.2, 0.25) is 0 Å². The maximum Gasteiger partial charge on any atom is 0.331 e. The van der Waals surface area contributed by atoms with Crippen LogP contribution in [0.2, 0.25) is 0 Å². The smallest absolute Gasteiger partial charge is 0.331 e. The average molecular weight is 529 g/mol. The second kappa shape index (κ2) is 17.0. The van der Waals surface area contributed by atoms with Gasteiger partial charge in [-0.1, -0.05) is 85.6 Å².